The van der Waals surface area contributed by atoms with Crippen LogP contribution in [0.1, 0.15) is 5.56 Å². The lowest BCUT2D eigenvalue weighted by molar-refractivity contribution is 0.664. The lowest BCUT2D eigenvalue weighted by Crippen LogP contribution is -2.08. The first kappa shape index (κ1) is 10.8. The molecule has 0 aromatic carbocycles. The van der Waals surface area contributed by atoms with Crippen LogP contribution in [-0.4, -0.2) is 25.2 Å². The number of aryl methyl sites for hydroxylation is 1. The number of nitrogen functional groups attached to an aromatic ring is 1. The molecule has 0 atom stereocenters. The highest BCUT2D eigenvalue weighted by molar-refractivity contribution is 7.98. The molecule has 7 nitrogen and oxygen atoms in total. The van der Waals surface area contributed by atoms with Crippen LogP contribution < -0.4 is 11.3 Å². The van der Waals surface area contributed by atoms with E-state index in [1.165, 1.54) is 0 Å². The molecule has 0 bridgehead atoms. The van der Waals surface area contributed by atoms with E-state index in [-0.39, 0.29) is 0 Å². The molecule has 0 aliphatic carbocycles. The van der Waals surface area contributed by atoms with Crippen LogP contribution >= 0.6 is 11.8 Å². The van der Waals surface area contributed by atoms with Gasteiger partial charge in [0.25, 0.3) is 0 Å². The minimum absolute atomic E-state index is 0.647. The van der Waals surface area contributed by atoms with Gasteiger partial charge in [-0.1, -0.05) is 17.8 Å². The van der Waals surface area contributed by atoms with Crippen molar-refractivity contribution in [3.05, 3.63) is 23.9 Å². The molecule has 0 saturated heterocycles. The number of thioether (sulfide) groups is 1. The van der Waals surface area contributed by atoms with E-state index in [9.17, 15) is 0 Å². The summed E-state index contributed by atoms with van der Waals surface area (Å²) in [5.74, 6) is 6.64. The first-order valence-corrected chi connectivity index (χ1v) is 5.55. The van der Waals surface area contributed by atoms with Crippen molar-refractivity contribution in [2.75, 3.05) is 5.43 Å². The van der Waals surface area contributed by atoms with E-state index in [0.29, 0.717) is 5.82 Å². The summed E-state index contributed by atoms with van der Waals surface area (Å²) in [6.45, 7) is 0. The molecule has 2 rings (SSSR count). The lowest BCUT2D eigenvalue weighted by atomic mass is 10.3. The van der Waals surface area contributed by atoms with Crippen LogP contribution in [0.4, 0.5) is 5.82 Å². The number of hydrogen-bond donors (Lipinski definition) is 2. The SMILES string of the molecule is Cn1nnnc1SCc1ccc(NN)nc1. The van der Waals surface area contributed by atoms with Gasteiger partial charge in [0.05, 0.1) is 0 Å². The van der Waals surface area contributed by atoms with Crippen molar-refractivity contribution in [3.63, 3.8) is 0 Å². The van der Waals surface area contributed by atoms with Crippen molar-refractivity contribution in [3.8, 4) is 0 Å². The van der Waals surface area contributed by atoms with Gasteiger partial charge < -0.3 is 5.43 Å². The maximum Gasteiger partial charge on any atom is 0.209 e. The zero-order valence-corrected chi connectivity index (χ0v) is 9.48. The fourth-order valence-electron chi connectivity index (χ4n) is 1.09. The Hall–Kier alpha value is -1.67. The highest BCUT2D eigenvalue weighted by Crippen LogP contribution is 2.18. The Morgan fingerprint density at radius 3 is 2.94 bits per heavy atom. The van der Waals surface area contributed by atoms with E-state index >= 15 is 0 Å². The molecular weight excluding hydrogens is 226 g/mol. The second kappa shape index (κ2) is 4.90. The van der Waals surface area contributed by atoms with Gasteiger partial charge in [0.15, 0.2) is 0 Å². The summed E-state index contributed by atoms with van der Waals surface area (Å²) in [6.07, 6.45) is 1.77. The van der Waals surface area contributed by atoms with Gasteiger partial charge in [-0.3, -0.25) is 0 Å². The molecule has 0 unspecified atom stereocenters. The topological polar surface area (TPSA) is 94.5 Å². The van der Waals surface area contributed by atoms with Crippen molar-refractivity contribution in [1.29, 1.82) is 0 Å². The summed E-state index contributed by atoms with van der Waals surface area (Å²) in [5, 5.41) is 12.0. The molecule has 3 N–H and O–H groups in total. The smallest absolute Gasteiger partial charge is 0.209 e. The first-order valence-electron chi connectivity index (χ1n) is 4.56. The Morgan fingerprint density at radius 1 is 1.50 bits per heavy atom. The monoisotopic (exact) mass is 237 g/mol. The fourth-order valence-corrected chi connectivity index (χ4v) is 1.87. The molecule has 2 aromatic heterocycles. The molecule has 0 aliphatic heterocycles. The Kier molecular flexibility index (Phi) is 3.32. The summed E-state index contributed by atoms with van der Waals surface area (Å²) in [4.78, 5) is 4.11. The molecule has 84 valence electrons. The Balaban J connectivity index is 1.97. The highest BCUT2D eigenvalue weighted by atomic mass is 32.2. The first-order chi connectivity index (χ1) is 7.79. The Morgan fingerprint density at radius 2 is 2.38 bits per heavy atom. The van der Waals surface area contributed by atoms with Gasteiger partial charge in [-0.2, -0.15) is 0 Å². The van der Waals surface area contributed by atoms with Crippen LogP contribution in [0, 0.1) is 0 Å². The van der Waals surface area contributed by atoms with Crippen LogP contribution in [0.3, 0.4) is 0 Å². The maximum atomic E-state index is 5.22. The number of pyridine rings is 1. The molecule has 0 radical (unpaired) electrons. The molecule has 0 aliphatic rings. The van der Waals surface area contributed by atoms with Gasteiger partial charge in [-0.05, 0) is 22.1 Å². The van der Waals surface area contributed by atoms with Crippen LogP contribution in [0.15, 0.2) is 23.5 Å². The molecule has 0 amide bonds. The summed E-state index contributed by atoms with van der Waals surface area (Å²) in [5.41, 5.74) is 3.57. The van der Waals surface area contributed by atoms with Gasteiger partial charge >= 0.3 is 0 Å². The number of nitrogens with two attached hydrogens (primary N) is 1. The zero-order valence-electron chi connectivity index (χ0n) is 8.66. The van der Waals surface area contributed by atoms with E-state index in [0.717, 1.165) is 16.5 Å². The molecule has 0 fully saturated rings. The molecule has 0 spiro atoms. The minimum Gasteiger partial charge on any atom is -0.308 e. The van der Waals surface area contributed by atoms with E-state index in [1.54, 1.807) is 22.6 Å². The Bertz CT molecular complexity index is 452. The largest absolute Gasteiger partial charge is 0.308 e. The third-order valence-corrected chi connectivity index (χ3v) is 3.00. The summed E-state index contributed by atoms with van der Waals surface area (Å²) < 4.78 is 1.63. The van der Waals surface area contributed by atoms with Gasteiger partial charge in [0.2, 0.25) is 5.16 Å². The predicted molar refractivity (Wildman–Crippen MR) is 60.4 cm³/mol. The number of aromatic nitrogens is 5. The standard InChI is InChI=1S/C8H11N7S/c1-15-8(12-13-14-15)16-5-6-2-3-7(11-9)10-4-6/h2-4H,5,9H2,1H3,(H,10,11). The van der Waals surface area contributed by atoms with Gasteiger partial charge in [-0.15, -0.1) is 5.10 Å². The Labute approximate surface area is 96.4 Å². The van der Waals surface area contributed by atoms with Crippen LogP contribution in [0.2, 0.25) is 0 Å². The number of anilines is 1. The average molecular weight is 237 g/mol. The lowest BCUT2D eigenvalue weighted by Gasteiger charge is -2.01. The van der Waals surface area contributed by atoms with Crippen molar-refractivity contribution in [1.82, 2.24) is 25.2 Å². The molecule has 2 aromatic rings. The normalized spacial score (nSPS) is 10.4. The molecule has 16 heavy (non-hydrogen) atoms. The quantitative estimate of drug-likeness (QED) is 0.445. The molecular formula is C8H11N7S. The van der Waals surface area contributed by atoms with E-state index in [2.05, 4.69) is 25.9 Å². The molecule has 0 saturated carbocycles. The zero-order chi connectivity index (χ0) is 11.4. The number of rotatable bonds is 4. The number of nitrogens with zero attached hydrogens (tertiary/aromatic N) is 5. The average Bonchev–Trinajstić information content (AvgIpc) is 2.73. The van der Waals surface area contributed by atoms with Crippen molar-refractivity contribution < 1.29 is 0 Å². The van der Waals surface area contributed by atoms with Crippen molar-refractivity contribution in [2.45, 2.75) is 10.9 Å². The van der Waals surface area contributed by atoms with E-state index in [1.807, 2.05) is 19.2 Å². The third kappa shape index (κ3) is 2.47. The second-order valence-electron chi connectivity index (χ2n) is 3.07. The summed E-state index contributed by atoms with van der Waals surface area (Å²) >= 11 is 1.56. The minimum atomic E-state index is 0.647. The molecule has 8 heteroatoms. The third-order valence-electron chi connectivity index (χ3n) is 1.92. The molecule has 2 heterocycles. The van der Waals surface area contributed by atoms with Crippen LogP contribution in [0.5, 0.6) is 0 Å². The van der Waals surface area contributed by atoms with Crippen LogP contribution in [0.25, 0.3) is 0 Å². The maximum absolute atomic E-state index is 5.22. The van der Waals surface area contributed by atoms with Crippen molar-refractivity contribution in [2.24, 2.45) is 12.9 Å². The van der Waals surface area contributed by atoms with E-state index in [4.69, 9.17) is 5.84 Å². The number of hydrogen-bond acceptors (Lipinski definition) is 7. The number of tetrazole rings is 1. The fraction of sp³-hybridized carbons (Fsp3) is 0.250. The summed E-state index contributed by atoms with van der Waals surface area (Å²) in [6, 6.07) is 3.78. The second-order valence-corrected chi connectivity index (χ2v) is 4.01. The highest BCUT2D eigenvalue weighted by Gasteiger charge is 2.03. The number of nitrogens with one attached hydrogen (secondary N) is 1. The van der Waals surface area contributed by atoms with Crippen LogP contribution in [-0.2, 0) is 12.8 Å². The number of hydrazine groups is 1. The van der Waals surface area contributed by atoms with Crippen molar-refractivity contribution >= 4 is 17.6 Å². The van der Waals surface area contributed by atoms with Gasteiger partial charge in [0.1, 0.15) is 5.82 Å². The summed E-state index contributed by atoms with van der Waals surface area (Å²) in [7, 11) is 1.81. The van der Waals surface area contributed by atoms with Gasteiger partial charge in [-0.25, -0.2) is 15.5 Å². The van der Waals surface area contributed by atoms with Gasteiger partial charge in [0, 0.05) is 19.0 Å². The van der Waals surface area contributed by atoms with E-state index < -0.39 is 0 Å². The predicted octanol–water partition coefficient (Wildman–Crippen LogP) is 0.183.